The average molecular weight is 496 g/mol. The van der Waals surface area contributed by atoms with Gasteiger partial charge in [0.1, 0.15) is 0 Å². The molecule has 0 saturated carbocycles. The van der Waals surface area contributed by atoms with E-state index in [-0.39, 0.29) is 28.3 Å². The number of carbonyl (C=O) groups excluding carboxylic acids is 1. The zero-order valence-electron chi connectivity index (χ0n) is 19.2. The van der Waals surface area contributed by atoms with Crippen molar-refractivity contribution in [2.75, 3.05) is 17.2 Å². The number of carbonyl (C=O) groups is 1. The molecule has 1 aliphatic heterocycles. The van der Waals surface area contributed by atoms with Crippen LogP contribution in [0.4, 0.5) is 5.69 Å². The Bertz CT molecular complexity index is 1630. The minimum atomic E-state index is -0.191. The Morgan fingerprint density at radius 3 is 2.53 bits per heavy atom. The fraction of sp³-hybridized carbons (Fsp3) is 0.148. The van der Waals surface area contributed by atoms with Crippen LogP contribution < -0.4 is 10.5 Å². The molecule has 0 aliphatic carbocycles. The first-order valence-corrected chi connectivity index (χ1v) is 12.5. The summed E-state index contributed by atoms with van der Waals surface area (Å²) in [6.07, 6.45) is 0.856. The Morgan fingerprint density at radius 2 is 1.67 bits per heavy atom. The standard InChI is InChI=1S/C27H21N5O3S/c33-23(31-15-14-19-10-4-7-13-22(19)31)17-36-27-29-28-25(35-27)24-20-11-5-6-12-21(20)26(34)32(30-24)16-18-8-2-1-3-9-18/h1-13H,14-17H2. The first kappa shape index (κ1) is 22.2. The maximum atomic E-state index is 13.1. The zero-order valence-corrected chi connectivity index (χ0v) is 20.0. The van der Waals surface area contributed by atoms with Gasteiger partial charge in [-0.25, -0.2) is 4.68 Å². The minimum Gasteiger partial charge on any atom is -0.409 e. The lowest BCUT2D eigenvalue weighted by Crippen LogP contribution is -2.30. The molecular weight excluding hydrogens is 474 g/mol. The lowest BCUT2D eigenvalue weighted by molar-refractivity contribution is -0.116. The summed E-state index contributed by atoms with van der Waals surface area (Å²) in [6.45, 7) is 0.992. The van der Waals surface area contributed by atoms with Gasteiger partial charge in [0, 0.05) is 17.6 Å². The second kappa shape index (κ2) is 9.43. The van der Waals surface area contributed by atoms with Crippen molar-refractivity contribution in [3.8, 4) is 11.6 Å². The van der Waals surface area contributed by atoms with Gasteiger partial charge in [-0.15, -0.1) is 10.2 Å². The summed E-state index contributed by atoms with van der Waals surface area (Å²) in [6, 6.07) is 24.9. The number of hydrogen-bond donors (Lipinski definition) is 0. The monoisotopic (exact) mass is 495 g/mol. The van der Waals surface area contributed by atoms with Gasteiger partial charge in [0.25, 0.3) is 16.7 Å². The predicted molar refractivity (Wildman–Crippen MR) is 138 cm³/mol. The van der Waals surface area contributed by atoms with Crippen molar-refractivity contribution in [2.24, 2.45) is 0 Å². The number of fused-ring (bicyclic) bond motifs is 2. The van der Waals surface area contributed by atoms with E-state index in [0.29, 0.717) is 29.6 Å². The molecule has 1 amide bonds. The number of thioether (sulfide) groups is 1. The molecule has 6 rings (SSSR count). The topological polar surface area (TPSA) is 94.1 Å². The predicted octanol–water partition coefficient (Wildman–Crippen LogP) is 4.18. The third-order valence-corrected chi connectivity index (χ3v) is 6.96. The Balaban J connectivity index is 1.26. The molecule has 0 spiro atoms. The molecule has 0 unspecified atom stereocenters. The molecule has 0 bridgehead atoms. The van der Waals surface area contributed by atoms with Gasteiger partial charge in [-0.05, 0) is 29.7 Å². The molecule has 3 heterocycles. The van der Waals surface area contributed by atoms with Gasteiger partial charge in [-0.3, -0.25) is 9.59 Å². The smallest absolute Gasteiger partial charge is 0.277 e. The van der Waals surface area contributed by atoms with Crippen molar-refractivity contribution in [1.82, 2.24) is 20.0 Å². The molecule has 0 N–H and O–H groups in total. The van der Waals surface area contributed by atoms with Gasteiger partial charge in [-0.1, -0.05) is 78.5 Å². The van der Waals surface area contributed by atoms with E-state index in [2.05, 4.69) is 21.4 Å². The van der Waals surface area contributed by atoms with Gasteiger partial charge < -0.3 is 9.32 Å². The van der Waals surface area contributed by atoms with Crippen LogP contribution in [0, 0.1) is 0 Å². The van der Waals surface area contributed by atoms with E-state index >= 15 is 0 Å². The van der Waals surface area contributed by atoms with Crippen molar-refractivity contribution < 1.29 is 9.21 Å². The van der Waals surface area contributed by atoms with Gasteiger partial charge >= 0.3 is 0 Å². The van der Waals surface area contributed by atoms with Crippen LogP contribution in [0.5, 0.6) is 0 Å². The van der Waals surface area contributed by atoms with Crippen molar-refractivity contribution >= 4 is 34.1 Å². The fourth-order valence-corrected chi connectivity index (χ4v) is 5.06. The molecule has 1 aliphatic rings. The molecule has 0 atom stereocenters. The first-order chi connectivity index (χ1) is 17.7. The molecule has 0 radical (unpaired) electrons. The third-order valence-electron chi connectivity index (χ3n) is 6.16. The highest BCUT2D eigenvalue weighted by Gasteiger charge is 2.25. The van der Waals surface area contributed by atoms with Gasteiger partial charge in [0.05, 0.1) is 17.7 Å². The molecule has 36 heavy (non-hydrogen) atoms. The Labute approximate surface area is 210 Å². The lowest BCUT2D eigenvalue weighted by atomic mass is 10.1. The Morgan fingerprint density at radius 1 is 0.917 bits per heavy atom. The number of nitrogens with zero attached hydrogens (tertiary/aromatic N) is 5. The van der Waals surface area contributed by atoms with Gasteiger partial charge in [-0.2, -0.15) is 5.10 Å². The molecule has 2 aromatic heterocycles. The van der Waals surface area contributed by atoms with E-state index in [4.69, 9.17) is 4.42 Å². The highest BCUT2D eigenvalue weighted by molar-refractivity contribution is 7.99. The quantitative estimate of drug-likeness (QED) is 0.326. The minimum absolute atomic E-state index is 0.00955. The maximum absolute atomic E-state index is 13.1. The maximum Gasteiger partial charge on any atom is 0.277 e. The molecule has 178 valence electrons. The molecule has 0 saturated heterocycles. The van der Waals surface area contributed by atoms with Gasteiger partial charge in [0.15, 0.2) is 5.69 Å². The molecule has 3 aromatic carbocycles. The summed E-state index contributed by atoms with van der Waals surface area (Å²) in [7, 11) is 0. The molecule has 8 nitrogen and oxygen atoms in total. The number of anilines is 1. The normalized spacial score (nSPS) is 12.7. The highest BCUT2D eigenvalue weighted by Crippen LogP contribution is 2.30. The van der Waals surface area contributed by atoms with E-state index in [0.717, 1.165) is 17.7 Å². The van der Waals surface area contributed by atoms with Crippen molar-refractivity contribution in [3.63, 3.8) is 0 Å². The van der Waals surface area contributed by atoms with Crippen LogP contribution in [0.3, 0.4) is 0 Å². The van der Waals surface area contributed by atoms with Crippen LogP contribution in [0.15, 0.2) is 93.3 Å². The summed E-state index contributed by atoms with van der Waals surface area (Å²) in [4.78, 5) is 27.8. The van der Waals surface area contributed by atoms with E-state index in [1.165, 1.54) is 22.0 Å². The molecule has 9 heteroatoms. The van der Waals surface area contributed by atoms with Crippen LogP contribution in [-0.2, 0) is 17.8 Å². The Hall–Kier alpha value is -4.24. The number of benzene rings is 3. The largest absolute Gasteiger partial charge is 0.409 e. The van der Waals surface area contributed by atoms with E-state index in [1.54, 1.807) is 11.0 Å². The number of rotatable bonds is 6. The zero-order chi connectivity index (χ0) is 24.5. The number of para-hydroxylation sites is 1. The highest BCUT2D eigenvalue weighted by atomic mass is 32.2. The fourth-order valence-electron chi connectivity index (χ4n) is 4.42. The average Bonchev–Trinajstić information content (AvgIpc) is 3.57. The first-order valence-electron chi connectivity index (χ1n) is 11.6. The summed E-state index contributed by atoms with van der Waals surface area (Å²) in [5.41, 5.74) is 3.34. The Kier molecular flexibility index (Phi) is 5.82. The van der Waals surface area contributed by atoms with Crippen LogP contribution in [-0.4, -0.2) is 38.2 Å². The van der Waals surface area contributed by atoms with Crippen molar-refractivity contribution in [3.05, 3.63) is 100 Å². The summed E-state index contributed by atoms with van der Waals surface area (Å²) in [5.74, 6) is 0.372. The summed E-state index contributed by atoms with van der Waals surface area (Å²) < 4.78 is 7.31. The SMILES string of the molecule is O=C(CSc1nnc(-c2nn(Cc3ccccc3)c(=O)c3ccccc23)o1)N1CCc2ccccc21. The van der Waals surface area contributed by atoms with Crippen LogP contribution in [0.25, 0.3) is 22.4 Å². The van der Waals surface area contributed by atoms with Crippen LogP contribution in [0.2, 0.25) is 0 Å². The van der Waals surface area contributed by atoms with Crippen molar-refractivity contribution in [2.45, 2.75) is 18.2 Å². The lowest BCUT2D eigenvalue weighted by Gasteiger charge is -2.16. The van der Waals surface area contributed by atoms with Crippen molar-refractivity contribution in [1.29, 1.82) is 0 Å². The second-order valence-electron chi connectivity index (χ2n) is 8.43. The second-order valence-corrected chi connectivity index (χ2v) is 9.36. The molecular formula is C27H21N5O3S. The van der Waals surface area contributed by atoms with Crippen LogP contribution >= 0.6 is 11.8 Å². The molecule has 5 aromatic rings. The number of aromatic nitrogens is 4. The number of hydrogen-bond acceptors (Lipinski definition) is 7. The van der Waals surface area contributed by atoms with E-state index in [9.17, 15) is 9.59 Å². The summed E-state index contributed by atoms with van der Waals surface area (Å²) in [5, 5.41) is 14.3. The van der Waals surface area contributed by atoms with E-state index in [1.807, 2.05) is 66.7 Å². The molecule has 0 fully saturated rings. The van der Waals surface area contributed by atoms with E-state index < -0.39 is 0 Å². The summed E-state index contributed by atoms with van der Waals surface area (Å²) >= 11 is 1.19. The van der Waals surface area contributed by atoms with Crippen LogP contribution in [0.1, 0.15) is 11.1 Å². The van der Waals surface area contributed by atoms with Gasteiger partial charge in [0.2, 0.25) is 5.91 Å². The third kappa shape index (κ3) is 4.18. The number of amides is 1.